The Morgan fingerprint density at radius 1 is 1.33 bits per heavy atom. The van der Waals surface area contributed by atoms with Crippen LogP contribution in [0.4, 0.5) is 5.69 Å². The molecule has 0 aliphatic heterocycles. The van der Waals surface area contributed by atoms with E-state index in [2.05, 4.69) is 5.32 Å². The van der Waals surface area contributed by atoms with Gasteiger partial charge in [-0.25, -0.2) is 13.2 Å². The lowest BCUT2D eigenvalue weighted by Gasteiger charge is -2.25. The van der Waals surface area contributed by atoms with Crippen LogP contribution in [0, 0.1) is 0 Å². The zero-order valence-corrected chi connectivity index (χ0v) is 11.4. The summed E-state index contributed by atoms with van der Waals surface area (Å²) in [5.41, 5.74) is -0.485. The number of hydrogen-bond donors (Lipinski definition) is 2. The Hall–Kier alpha value is -1.56. The summed E-state index contributed by atoms with van der Waals surface area (Å²) in [6, 6.07) is 6.03. The van der Waals surface area contributed by atoms with Crippen molar-refractivity contribution in [3.05, 3.63) is 24.3 Å². The van der Waals surface area contributed by atoms with Crippen molar-refractivity contribution in [2.24, 2.45) is 0 Å². The number of carboxylic acids is 1. The summed E-state index contributed by atoms with van der Waals surface area (Å²) in [5.74, 6) is -0.947. The highest BCUT2D eigenvalue weighted by Crippen LogP contribution is 2.20. The van der Waals surface area contributed by atoms with Crippen LogP contribution >= 0.6 is 0 Å². The molecule has 2 N–H and O–H groups in total. The molecular weight excluding hydrogens is 254 g/mol. The zero-order chi connectivity index (χ0) is 14.0. The predicted octanol–water partition coefficient (Wildman–Crippen LogP) is 1.76. The third-order valence-corrected chi connectivity index (χ3v) is 4.01. The van der Waals surface area contributed by atoms with E-state index in [9.17, 15) is 13.2 Å². The summed E-state index contributed by atoms with van der Waals surface area (Å²) < 4.78 is 22.6. The third-order valence-electron chi connectivity index (χ3n) is 2.88. The molecule has 1 atom stereocenters. The van der Waals surface area contributed by atoms with Crippen LogP contribution < -0.4 is 5.32 Å². The predicted molar refractivity (Wildman–Crippen MR) is 69.5 cm³/mol. The SMILES string of the molecule is CCC(C)(Nc1ccc(S(C)(=O)=O)cc1)C(=O)O. The molecule has 0 aliphatic rings. The molecule has 0 spiro atoms. The minimum absolute atomic E-state index is 0.210. The molecule has 0 fully saturated rings. The van der Waals surface area contributed by atoms with Gasteiger partial charge in [0.25, 0.3) is 0 Å². The smallest absolute Gasteiger partial charge is 0.329 e. The fourth-order valence-electron chi connectivity index (χ4n) is 1.40. The Morgan fingerprint density at radius 2 is 1.83 bits per heavy atom. The molecule has 1 unspecified atom stereocenters. The van der Waals surface area contributed by atoms with Crippen LogP contribution in [0.25, 0.3) is 0 Å². The minimum Gasteiger partial charge on any atom is -0.480 e. The van der Waals surface area contributed by atoms with Crippen molar-refractivity contribution in [1.29, 1.82) is 0 Å². The lowest BCUT2D eigenvalue weighted by Crippen LogP contribution is -2.42. The molecule has 0 amide bonds. The van der Waals surface area contributed by atoms with E-state index in [1.807, 2.05) is 0 Å². The quantitative estimate of drug-likeness (QED) is 0.852. The van der Waals surface area contributed by atoms with Crippen LogP contribution in [-0.2, 0) is 14.6 Å². The van der Waals surface area contributed by atoms with Gasteiger partial charge in [-0.05, 0) is 37.6 Å². The standard InChI is InChI=1S/C12H17NO4S/c1-4-12(2,11(14)15)13-9-5-7-10(8-6-9)18(3,16)17/h5-8,13H,4H2,1-3H3,(H,14,15). The highest BCUT2D eigenvalue weighted by molar-refractivity contribution is 7.90. The van der Waals surface area contributed by atoms with Crippen molar-refractivity contribution in [2.75, 3.05) is 11.6 Å². The number of nitrogens with one attached hydrogen (secondary N) is 1. The van der Waals surface area contributed by atoms with Crippen molar-refractivity contribution in [2.45, 2.75) is 30.7 Å². The molecule has 0 aromatic heterocycles. The molecule has 0 saturated heterocycles. The van der Waals surface area contributed by atoms with Gasteiger partial charge in [-0.1, -0.05) is 6.92 Å². The van der Waals surface area contributed by atoms with Crippen LogP contribution in [-0.4, -0.2) is 31.3 Å². The Labute approximate surface area is 107 Å². The molecule has 6 heteroatoms. The van der Waals surface area contributed by atoms with Crippen LogP contribution in [0.5, 0.6) is 0 Å². The number of hydrogen-bond acceptors (Lipinski definition) is 4. The Kier molecular flexibility index (Phi) is 4.01. The van der Waals surface area contributed by atoms with Gasteiger partial charge in [0.05, 0.1) is 4.90 Å². The van der Waals surface area contributed by atoms with Gasteiger partial charge < -0.3 is 10.4 Å². The lowest BCUT2D eigenvalue weighted by molar-refractivity contribution is -0.141. The van der Waals surface area contributed by atoms with Crippen molar-refractivity contribution < 1.29 is 18.3 Å². The van der Waals surface area contributed by atoms with Crippen molar-refractivity contribution in [3.63, 3.8) is 0 Å². The summed E-state index contributed by atoms with van der Waals surface area (Å²) in [7, 11) is -3.23. The Bertz CT molecular complexity index is 536. The number of anilines is 1. The summed E-state index contributed by atoms with van der Waals surface area (Å²) in [6.45, 7) is 3.35. The first-order chi connectivity index (χ1) is 8.19. The molecule has 100 valence electrons. The fourth-order valence-corrected chi connectivity index (χ4v) is 2.03. The number of aliphatic carboxylic acids is 1. The van der Waals surface area contributed by atoms with Gasteiger partial charge in [-0.15, -0.1) is 0 Å². The highest BCUT2D eigenvalue weighted by atomic mass is 32.2. The zero-order valence-electron chi connectivity index (χ0n) is 10.6. The molecular formula is C12H17NO4S. The van der Waals surface area contributed by atoms with Crippen LogP contribution in [0.1, 0.15) is 20.3 Å². The second kappa shape index (κ2) is 4.97. The first kappa shape index (κ1) is 14.5. The van der Waals surface area contributed by atoms with Crippen LogP contribution in [0.3, 0.4) is 0 Å². The number of carboxylic acid groups (broad SMARTS) is 1. The number of carbonyl (C=O) groups is 1. The van der Waals surface area contributed by atoms with Gasteiger partial charge in [0.15, 0.2) is 9.84 Å². The van der Waals surface area contributed by atoms with E-state index >= 15 is 0 Å². The van der Waals surface area contributed by atoms with E-state index < -0.39 is 21.3 Å². The first-order valence-electron chi connectivity index (χ1n) is 5.51. The van der Waals surface area contributed by atoms with E-state index in [0.29, 0.717) is 12.1 Å². The molecule has 0 aliphatic carbocycles. The maximum atomic E-state index is 11.3. The van der Waals surface area contributed by atoms with Gasteiger partial charge in [-0.3, -0.25) is 0 Å². The lowest BCUT2D eigenvalue weighted by atomic mass is 9.99. The van der Waals surface area contributed by atoms with Crippen molar-refractivity contribution in [1.82, 2.24) is 0 Å². The average molecular weight is 271 g/mol. The molecule has 0 heterocycles. The highest BCUT2D eigenvalue weighted by Gasteiger charge is 2.30. The summed E-state index contributed by atoms with van der Waals surface area (Å²) in [5, 5.41) is 12.0. The van der Waals surface area contributed by atoms with Crippen molar-refractivity contribution in [3.8, 4) is 0 Å². The number of rotatable bonds is 5. The normalized spacial score (nSPS) is 14.8. The molecule has 0 bridgehead atoms. The second-order valence-corrected chi connectivity index (χ2v) is 6.43. The monoisotopic (exact) mass is 271 g/mol. The molecule has 1 rings (SSSR count). The van der Waals surface area contributed by atoms with Crippen molar-refractivity contribution >= 4 is 21.5 Å². The largest absolute Gasteiger partial charge is 0.480 e. The summed E-state index contributed by atoms with van der Waals surface area (Å²) >= 11 is 0. The van der Waals surface area contributed by atoms with Gasteiger partial charge in [0.1, 0.15) is 5.54 Å². The van der Waals surface area contributed by atoms with Gasteiger partial charge in [0.2, 0.25) is 0 Å². The maximum Gasteiger partial charge on any atom is 0.329 e. The molecule has 0 saturated carbocycles. The van der Waals surface area contributed by atoms with Crippen LogP contribution in [0.15, 0.2) is 29.2 Å². The van der Waals surface area contributed by atoms with E-state index in [4.69, 9.17) is 5.11 Å². The second-order valence-electron chi connectivity index (χ2n) is 4.41. The Balaban J connectivity index is 2.97. The molecule has 5 nitrogen and oxygen atoms in total. The summed E-state index contributed by atoms with van der Waals surface area (Å²) in [6.07, 6.45) is 1.54. The maximum absolute atomic E-state index is 11.3. The van der Waals surface area contributed by atoms with E-state index in [1.165, 1.54) is 12.1 Å². The molecule has 1 aromatic carbocycles. The van der Waals surface area contributed by atoms with E-state index in [-0.39, 0.29) is 4.90 Å². The molecule has 18 heavy (non-hydrogen) atoms. The summed E-state index contributed by atoms with van der Waals surface area (Å²) in [4.78, 5) is 11.3. The van der Waals surface area contributed by atoms with E-state index in [0.717, 1.165) is 6.26 Å². The number of benzene rings is 1. The third kappa shape index (κ3) is 3.22. The molecule has 0 radical (unpaired) electrons. The van der Waals surface area contributed by atoms with Gasteiger partial charge in [0, 0.05) is 11.9 Å². The minimum atomic E-state index is -3.23. The fraction of sp³-hybridized carbons (Fsp3) is 0.417. The van der Waals surface area contributed by atoms with E-state index in [1.54, 1.807) is 26.0 Å². The Morgan fingerprint density at radius 3 is 2.17 bits per heavy atom. The first-order valence-corrected chi connectivity index (χ1v) is 7.40. The van der Waals surface area contributed by atoms with Gasteiger partial charge in [-0.2, -0.15) is 0 Å². The molecule has 1 aromatic rings. The van der Waals surface area contributed by atoms with Crippen LogP contribution in [0.2, 0.25) is 0 Å². The average Bonchev–Trinajstić information content (AvgIpc) is 2.28. The topological polar surface area (TPSA) is 83.5 Å². The number of sulfone groups is 1. The van der Waals surface area contributed by atoms with Gasteiger partial charge >= 0.3 is 5.97 Å².